The summed E-state index contributed by atoms with van der Waals surface area (Å²) in [7, 11) is 0. The van der Waals surface area contributed by atoms with Crippen molar-refractivity contribution in [2.45, 2.75) is 70.9 Å². The van der Waals surface area contributed by atoms with E-state index in [1.165, 1.54) is 0 Å². The molecule has 29 heavy (non-hydrogen) atoms. The van der Waals surface area contributed by atoms with E-state index in [0.29, 0.717) is 0 Å². The van der Waals surface area contributed by atoms with E-state index in [-0.39, 0.29) is 17.0 Å². The minimum Gasteiger partial charge on any atom is -0.444 e. The van der Waals surface area contributed by atoms with Crippen molar-refractivity contribution in [2.75, 3.05) is 18.0 Å². The summed E-state index contributed by atoms with van der Waals surface area (Å²) < 4.78 is 8.68. The molecule has 2 aliphatic rings. The highest BCUT2D eigenvalue weighted by atomic mass is 127. The molecule has 1 aliphatic carbocycles. The largest absolute Gasteiger partial charge is 0.444 e. The van der Waals surface area contributed by atoms with Crippen molar-refractivity contribution in [1.82, 2.24) is 19.7 Å². The number of ether oxygens (including phenoxy) is 1. The summed E-state index contributed by atoms with van der Waals surface area (Å²) in [6.07, 6.45) is 10.7. The predicted molar refractivity (Wildman–Crippen MR) is 121 cm³/mol. The molecule has 7 nitrogen and oxygen atoms in total. The number of alkyl carbamates (subject to hydrolysis) is 1. The molecule has 0 bridgehead atoms. The van der Waals surface area contributed by atoms with Crippen LogP contribution in [0.25, 0.3) is 5.65 Å². The van der Waals surface area contributed by atoms with Crippen LogP contribution >= 0.6 is 22.6 Å². The smallest absolute Gasteiger partial charge is 0.408 e. The number of hydrogen-bond donors (Lipinski definition) is 1. The Bertz CT molecular complexity index is 913. The third-order valence-electron chi connectivity index (χ3n) is 6.65. The summed E-state index contributed by atoms with van der Waals surface area (Å²) in [5, 5.41) is 3.25. The summed E-state index contributed by atoms with van der Waals surface area (Å²) >= 11 is 2.28. The molecule has 0 radical (unpaired) electrons. The molecular formula is C21H30IN5O2. The van der Waals surface area contributed by atoms with E-state index in [4.69, 9.17) is 9.72 Å². The Morgan fingerprint density at radius 3 is 2.62 bits per heavy atom. The number of imidazole rings is 1. The van der Waals surface area contributed by atoms with E-state index in [1.54, 1.807) is 0 Å². The number of halogens is 1. The van der Waals surface area contributed by atoms with Gasteiger partial charge in [0, 0.05) is 37.2 Å². The number of nitrogens with one attached hydrogen (secondary N) is 1. The zero-order valence-corrected chi connectivity index (χ0v) is 19.8. The summed E-state index contributed by atoms with van der Waals surface area (Å²) in [5.41, 5.74) is 0.346. The summed E-state index contributed by atoms with van der Waals surface area (Å²) in [6, 6.07) is 0. The molecule has 8 heteroatoms. The number of nitrogens with zero attached hydrogens (tertiary/aromatic N) is 4. The number of aromatic nitrogens is 3. The van der Waals surface area contributed by atoms with Gasteiger partial charge in [0.25, 0.3) is 0 Å². The number of fused-ring (bicyclic) bond motifs is 1. The van der Waals surface area contributed by atoms with Crippen molar-refractivity contribution in [3.05, 3.63) is 22.2 Å². The lowest BCUT2D eigenvalue weighted by Gasteiger charge is -2.49. The fourth-order valence-corrected chi connectivity index (χ4v) is 5.63. The molecule has 4 rings (SSSR count). The lowest BCUT2D eigenvalue weighted by Crippen LogP contribution is -2.59. The van der Waals surface area contributed by atoms with Crippen LogP contribution in [0.15, 0.2) is 18.6 Å². The van der Waals surface area contributed by atoms with E-state index in [1.807, 2.05) is 39.4 Å². The van der Waals surface area contributed by atoms with Gasteiger partial charge in [-0.1, -0.05) is 6.42 Å². The Balaban J connectivity index is 1.50. The van der Waals surface area contributed by atoms with Gasteiger partial charge in [-0.25, -0.2) is 14.8 Å². The molecule has 2 aromatic heterocycles. The van der Waals surface area contributed by atoms with Crippen LogP contribution < -0.4 is 10.2 Å². The second-order valence-electron chi connectivity index (χ2n) is 9.61. The first-order chi connectivity index (χ1) is 13.6. The Hall–Kier alpha value is -1.58. The average Bonchev–Trinajstić information content (AvgIpc) is 3.21. The molecule has 1 amide bonds. The highest BCUT2D eigenvalue weighted by molar-refractivity contribution is 14.1. The van der Waals surface area contributed by atoms with Crippen LogP contribution in [0.4, 0.5) is 10.7 Å². The summed E-state index contributed by atoms with van der Waals surface area (Å²) in [5.74, 6) is 0.951. The van der Waals surface area contributed by atoms with Crippen LogP contribution in [0.5, 0.6) is 0 Å². The van der Waals surface area contributed by atoms with Crippen molar-refractivity contribution in [2.24, 2.45) is 5.41 Å². The van der Waals surface area contributed by atoms with Gasteiger partial charge < -0.3 is 15.0 Å². The van der Waals surface area contributed by atoms with E-state index < -0.39 is 5.60 Å². The molecular weight excluding hydrogens is 481 g/mol. The number of carbonyl (C=O) groups excluding carboxylic acids is 1. The molecule has 1 aliphatic heterocycles. The standard InChI is InChI=1S/C21H30IN5O2/c1-19(2,3)29-18(28)25-20(4)6-5-7-21(20)8-11-26(12-9-21)17-24-14-15(22)16-23-10-13-27(16)17/h10,13-14H,5-9,11-12H2,1-4H3,(H,25,28). The summed E-state index contributed by atoms with van der Waals surface area (Å²) in [4.78, 5) is 24.0. The predicted octanol–water partition coefficient (Wildman–Crippen LogP) is 4.39. The first-order valence-electron chi connectivity index (χ1n) is 10.4. The number of amides is 1. The highest BCUT2D eigenvalue weighted by Gasteiger charge is 2.54. The van der Waals surface area contributed by atoms with Gasteiger partial charge in [0.2, 0.25) is 5.95 Å². The number of anilines is 1. The molecule has 0 aromatic carbocycles. The fraction of sp³-hybridized carbons (Fsp3) is 0.667. The molecule has 1 unspecified atom stereocenters. The van der Waals surface area contributed by atoms with E-state index in [0.717, 1.165) is 60.4 Å². The Labute approximate surface area is 185 Å². The van der Waals surface area contributed by atoms with Gasteiger partial charge in [-0.2, -0.15) is 0 Å². The normalized spacial score (nSPS) is 24.2. The van der Waals surface area contributed by atoms with Crippen LogP contribution in [0.2, 0.25) is 0 Å². The fourth-order valence-electron chi connectivity index (χ4n) is 5.09. The Kier molecular flexibility index (Phi) is 5.19. The third-order valence-corrected chi connectivity index (χ3v) is 7.41. The van der Waals surface area contributed by atoms with Crippen molar-refractivity contribution in [3.63, 3.8) is 0 Å². The van der Waals surface area contributed by atoms with Crippen molar-refractivity contribution in [1.29, 1.82) is 0 Å². The molecule has 1 spiro atoms. The van der Waals surface area contributed by atoms with Crippen molar-refractivity contribution < 1.29 is 9.53 Å². The molecule has 2 fully saturated rings. The lowest BCUT2D eigenvalue weighted by atomic mass is 9.66. The zero-order chi connectivity index (χ0) is 20.9. The molecule has 1 saturated heterocycles. The van der Waals surface area contributed by atoms with Crippen molar-refractivity contribution in [3.8, 4) is 0 Å². The number of carbonyl (C=O) groups is 1. The van der Waals surface area contributed by atoms with Crippen LogP contribution in [0.3, 0.4) is 0 Å². The van der Waals surface area contributed by atoms with E-state index in [2.05, 4.69) is 49.1 Å². The SMILES string of the molecule is CC(C)(C)OC(=O)NC1(C)CCCC12CCN(c1ncc(I)c3nccn13)CC2. The third kappa shape index (κ3) is 3.80. The maximum Gasteiger partial charge on any atom is 0.408 e. The molecule has 1 saturated carbocycles. The maximum atomic E-state index is 12.5. The van der Waals surface area contributed by atoms with Gasteiger partial charge in [0.05, 0.1) is 3.57 Å². The van der Waals surface area contributed by atoms with E-state index >= 15 is 0 Å². The van der Waals surface area contributed by atoms with Crippen LogP contribution in [-0.4, -0.2) is 44.7 Å². The monoisotopic (exact) mass is 511 g/mol. The molecule has 3 heterocycles. The first kappa shape index (κ1) is 20.7. The zero-order valence-electron chi connectivity index (χ0n) is 17.7. The second-order valence-corrected chi connectivity index (χ2v) is 10.8. The average molecular weight is 511 g/mol. The molecule has 158 valence electrons. The molecule has 1 N–H and O–H groups in total. The van der Waals surface area contributed by atoms with E-state index in [9.17, 15) is 4.79 Å². The van der Waals surface area contributed by atoms with Gasteiger partial charge in [-0.15, -0.1) is 0 Å². The van der Waals surface area contributed by atoms with Gasteiger partial charge in [0.1, 0.15) is 5.60 Å². The Morgan fingerprint density at radius 2 is 1.93 bits per heavy atom. The lowest BCUT2D eigenvalue weighted by molar-refractivity contribution is 0.0300. The van der Waals surface area contributed by atoms with Crippen LogP contribution in [0, 0.1) is 8.99 Å². The van der Waals surface area contributed by atoms with Gasteiger partial charge in [-0.3, -0.25) is 4.40 Å². The van der Waals surface area contributed by atoms with Crippen molar-refractivity contribution >= 4 is 40.3 Å². The maximum absolute atomic E-state index is 12.5. The Morgan fingerprint density at radius 1 is 1.21 bits per heavy atom. The molecule has 2 aromatic rings. The minimum atomic E-state index is -0.484. The van der Waals surface area contributed by atoms with Crippen LogP contribution in [0.1, 0.15) is 59.8 Å². The summed E-state index contributed by atoms with van der Waals surface area (Å²) in [6.45, 7) is 9.77. The quantitative estimate of drug-likeness (QED) is 0.606. The van der Waals surface area contributed by atoms with Gasteiger partial charge in [-0.05, 0) is 81.4 Å². The molecule has 1 atom stereocenters. The minimum absolute atomic E-state index is 0.109. The second kappa shape index (κ2) is 7.28. The number of piperidine rings is 1. The van der Waals surface area contributed by atoms with Gasteiger partial charge >= 0.3 is 6.09 Å². The number of hydrogen-bond acceptors (Lipinski definition) is 5. The highest BCUT2D eigenvalue weighted by Crippen LogP contribution is 2.53. The number of rotatable bonds is 2. The topological polar surface area (TPSA) is 71.8 Å². The van der Waals surface area contributed by atoms with Gasteiger partial charge in [0.15, 0.2) is 5.65 Å². The van der Waals surface area contributed by atoms with Crippen LogP contribution in [-0.2, 0) is 4.74 Å². The first-order valence-corrected chi connectivity index (χ1v) is 11.4.